The van der Waals surface area contributed by atoms with Gasteiger partial charge >= 0.3 is 12.0 Å². The molecule has 6 nitrogen and oxygen atoms in total. The van der Waals surface area contributed by atoms with Crippen LogP contribution in [0.5, 0.6) is 0 Å². The Balaban J connectivity index is 1.70. The molecular formula is C13H23N3O3. The smallest absolute Gasteiger partial charge is 0.317 e. The zero-order chi connectivity index (χ0) is 13.7. The van der Waals surface area contributed by atoms with E-state index in [4.69, 9.17) is 5.11 Å². The Morgan fingerprint density at radius 3 is 2.58 bits per heavy atom. The van der Waals surface area contributed by atoms with Crippen molar-refractivity contribution >= 4 is 12.0 Å². The van der Waals surface area contributed by atoms with E-state index in [1.807, 2.05) is 0 Å². The van der Waals surface area contributed by atoms with Crippen LogP contribution in [0, 0.1) is 0 Å². The molecule has 2 saturated heterocycles. The lowest BCUT2D eigenvalue weighted by molar-refractivity contribution is -0.137. The minimum absolute atomic E-state index is 0.0551. The van der Waals surface area contributed by atoms with Crippen LogP contribution in [0.3, 0.4) is 0 Å². The Morgan fingerprint density at radius 2 is 1.89 bits per heavy atom. The number of likely N-dealkylation sites (tertiary alicyclic amines) is 2. The molecule has 19 heavy (non-hydrogen) atoms. The van der Waals surface area contributed by atoms with E-state index in [2.05, 4.69) is 10.2 Å². The molecule has 0 radical (unpaired) electrons. The van der Waals surface area contributed by atoms with Gasteiger partial charge in [-0.25, -0.2) is 4.79 Å². The zero-order valence-corrected chi connectivity index (χ0v) is 11.3. The second-order valence-electron chi connectivity index (χ2n) is 5.37. The minimum atomic E-state index is -0.832. The third-order valence-electron chi connectivity index (χ3n) is 3.95. The van der Waals surface area contributed by atoms with E-state index in [0.29, 0.717) is 13.1 Å². The molecule has 0 aromatic carbocycles. The predicted octanol–water partition coefficient (Wildman–Crippen LogP) is 0.731. The molecule has 108 valence electrons. The molecule has 0 aromatic rings. The van der Waals surface area contributed by atoms with Crippen molar-refractivity contribution in [3.63, 3.8) is 0 Å². The lowest BCUT2D eigenvalue weighted by Crippen LogP contribution is -2.45. The zero-order valence-electron chi connectivity index (χ0n) is 11.3. The molecule has 2 amide bonds. The van der Waals surface area contributed by atoms with E-state index < -0.39 is 5.97 Å². The molecule has 2 rings (SSSR count). The second-order valence-corrected chi connectivity index (χ2v) is 5.37. The van der Waals surface area contributed by atoms with Gasteiger partial charge in [0.1, 0.15) is 0 Å². The summed E-state index contributed by atoms with van der Waals surface area (Å²) in [6.07, 6.45) is 4.25. The van der Waals surface area contributed by atoms with Gasteiger partial charge < -0.3 is 20.2 Å². The number of carbonyl (C=O) groups excluding carboxylic acids is 1. The average molecular weight is 269 g/mol. The minimum Gasteiger partial charge on any atom is -0.481 e. The number of carbonyl (C=O) groups is 2. The summed E-state index contributed by atoms with van der Waals surface area (Å²) in [5, 5.41) is 11.7. The highest BCUT2D eigenvalue weighted by atomic mass is 16.4. The number of carboxylic acids is 1. The van der Waals surface area contributed by atoms with Crippen LogP contribution in [0.25, 0.3) is 0 Å². The molecule has 1 atom stereocenters. The van der Waals surface area contributed by atoms with Gasteiger partial charge in [-0.15, -0.1) is 0 Å². The summed E-state index contributed by atoms with van der Waals surface area (Å²) in [4.78, 5) is 26.8. The first-order valence-electron chi connectivity index (χ1n) is 7.15. The lowest BCUT2D eigenvalue weighted by Gasteiger charge is -2.24. The van der Waals surface area contributed by atoms with Crippen molar-refractivity contribution in [2.24, 2.45) is 0 Å². The molecular weight excluding hydrogens is 246 g/mol. The van der Waals surface area contributed by atoms with Crippen molar-refractivity contribution in [1.82, 2.24) is 15.1 Å². The second kappa shape index (κ2) is 6.75. The molecule has 2 N–H and O–H groups in total. The number of aliphatic carboxylic acids is 1. The van der Waals surface area contributed by atoms with Crippen LogP contribution in [0.2, 0.25) is 0 Å². The number of nitrogens with zero attached hydrogens (tertiary/aromatic N) is 2. The Morgan fingerprint density at radius 1 is 1.16 bits per heavy atom. The molecule has 0 aromatic heterocycles. The van der Waals surface area contributed by atoms with Crippen molar-refractivity contribution in [3.05, 3.63) is 0 Å². The maximum atomic E-state index is 12.0. The first kappa shape index (κ1) is 14.1. The summed E-state index contributed by atoms with van der Waals surface area (Å²) in [5.74, 6) is -0.832. The van der Waals surface area contributed by atoms with Gasteiger partial charge in [0.2, 0.25) is 0 Å². The number of rotatable bonds is 5. The molecule has 2 aliphatic heterocycles. The Hall–Kier alpha value is -1.30. The highest BCUT2D eigenvalue weighted by Crippen LogP contribution is 2.19. The van der Waals surface area contributed by atoms with E-state index in [0.717, 1.165) is 32.5 Å². The summed E-state index contributed by atoms with van der Waals surface area (Å²) >= 11 is 0. The van der Waals surface area contributed by atoms with E-state index in [-0.39, 0.29) is 18.5 Å². The van der Waals surface area contributed by atoms with Gasteiger partial charge in [0.25, 0.3) is 0 Å². The normalized spacial score (nSPS) is 23.8. The average Bonchev–Trinajstić information content (AvgIpc) is 2.99. The highest BCUT2D eigenvalue weighted by molar-refractivity contribution is 5.76. The fraction of sp³-hybridized carbons (Fsp3) is 0.846. The summed E-state index contributed by atoms with van der Waals surface area (Å²) in [5.41, 5.74) is 0. The molecule has 0 saturated carbocycles. The fourth-order valence-corrected chi connectivity index (χ4v) is 2.95. The van der Waals surface area contributed by atoms with Crippen LogP contribution in [0.1, 0.15) is 32.1 Å². The van der Waals surface area contributed by atoms with E-state index in [1.54, 1.807) is 4.90 Å². The summed E-state index contributed by atoms with van der Waals surface area (Å²) in [6.45, 7) is 4.47. The number of amides is 2. The van der Waals surface area contributed by atoms with Crippen LogP contribution >= 0.6 is 0 Å². The van der Waals surface area contributed by atoms with Gasteiger partial charge in [0.15, 0.2) is 0 Å². The molecule has 6 heteroatoms. The molecule has 2 heterocycles. The molecule has 2 fully saturated rings. The summed E-state index contributed by atoms with van der Waals surface area (Å²) < 4.78 is 0. The van der Waals surface area contributed by atoms with Crippen LogP contribution < -0.4 is 5.32 Å². The Labute approximate surface area is 113 Å². The monoisotopic (exact) mass is 269 g/mol. The fourth-order valence-electron chi connectivity index (χ4n) is 2.95. The largest absolute Gasteiger partial charge is 0.481 e. The predicted molar refractivity (Wildman–Crippen MR) is 71.1 cm³/mol. The molecule has 0 bridgehead atoms. The van der Waals surface area contributed by atoms with Crippen molar-refractivity contribution in [2.75, 3.05) is 32.7 Å². The molecule has 2 aliphatic rings. The number of hydrogen-bond acceptors (Lipinski definition) is 3. The summed E-state index contributed by atoms with van der Waals surface area (Å²) in [7, 11) is 0. The van der Waals surface area contributed by atoms with Crippen molar-refractivity contribution in [2.45, 2.75) is 38.1 Å². The standard InChI is InChI=1S/C13H23N3O3/c17-12(18)10-11-4-3-8-16(11)13(19)14-5-9-15-6-1-2-7-15/h11H,1-10H2,(H,14,19)(H,17,18). The quantitative estimate of drug-likeness (QED) is 0.772. The van der Waals surface area contributed by atoms with Crippen LogP contribution in [0.4, 0.5) is 4.79 Å². The molecule has 1 unspecified atom stereocenters. The Kier molecular flexibility index (Phi) is 5.01. The number of urea groups is 1. The molecule has 0 aliphatic carbocycles. The van der Waals surface area contributed by atoms with Crippen molar-refractivity contribution in [3.8, 4) is 0 Å². The van der Waals surface area contributed by atoms with E-state index in [9.17, 15) is 9.59 Å². The van der Waals surface area contributed by atoms with Crippen LogP contribution in [-0.4, -0.2) is 65.7 Å². The molecule has 0 spiro atoms. The third-order valence-corrected chi connectivity index (χ3v) is 3.95. The van der Waals surface area contributed by atoms with Crippen LogP contribution in [0.15, 0.2) is 0 Å². The van der Waals surface area contributed by atoms with Gasteiger partial charge in [0.05, 0.1) is 6.42 Å². The Bertz CT molecular complexity index is 329. The van der Waals surface area contributed by atoms with Gasteiger partial charge in [-0.2, -0.15) is 0 Å². The van der Waals surface area contributed by atoms with Gasteiger partial charge in [0, 0.05) is 25.7 Å². The van der Waals surface area contributed by atoms with E-state index in [1.165, 1.54) is 12.8 Å². The topological polar surface area (TPSA) is 72.9 Å². The van der Waals surface area contributed by atoms with Gasteiger partial charge in [-0.1, -0.05) is 0 Å². The SMILES string of the molecule is O=C(O)CC1CCCN1C(=O)NCCN1CCCC1. The van der Waals surface area contributed by atoms with Crippen LogP contribution in [-0.2, 0) is 4.79 Å². The first-order chi connectivity index (χ1) is 9.16. The number of carboxylic acid groups (broad SMARTS) is 1. The number of hydrogen-bond donors (Lipinski definition) is 2. The van der Waals surface area contributed by atoms with Crippen molar-refractivity contribution < 1.29 is 14.7 Å². The maximum Gasteiger partial charge on any atom is 0.317 e. The first-order valence-corrected chi connectivity index (χ1v) is 7.15. The van der Waals surface area contributed by atoms with Gasteiger partial charge in [-0.3, -0.25) is 4.79 Å². The van der Waals surface area contributed by atoms with Crippen molar-refractivity contribution in [1.29, 1.82) is 0 Å². The number of nitrogens with one attached hydrogen (secondary N) is 1. The summed E-state index contributed by atoms with van der Waals surface area (Å²) in [6, 6.07) is -0.243. The highest BCUT2D eigenvalue weighted by Gasteiger charge is 2.30. The van der Waals surface area contributed by atoms with E-state index >= 15 is 0 Å². The third kappa shape index (κ3) is 4.09. The maximum absolute atomic E-state index is 12.0. The van der Waals surface area contributed by atoms with Gasteiger partial charge in [-0.05, 0) is 38.8 Å². The lowest BCUT2D eigenvalue weighted by atomic mass is 10.1.